The number of rotatable bonds is 9. The Kier molecular flexibility index (Phi) is 7.52. The maximum atomic E-state index is 12.1. The van der Waals surface area contributed by atoms with Crippen molar-refractivity contribution in [2.75, 3.05) is 27.9 Å². The Morgan fingerprint density at radius 3 is 2.29 bits per heavy atom. The maximum Gasteiger partial charge on any atom is 0.244 e. The smallest absolute Gasteiger partial charge is 0.244 e. The molecular formula is C21H27NO6. The van der Waals surface area contributed by atoms with Gasteiger partial charge in [-0.15, -0.1) is 0 Å². The lowest BCUT2D eigenvalue weighted by Gasteiger charge is -2.12. The molecule has 2 aromatic rings. The fourth-order valence-corrected chi connectivity index (χ4v) is 2.90. The van der Waals surface area contributed by atoms with Gasteiger partial charge in [0.05, 0.1) is 27.4 Å². The van der Waals surface area contributed by atoms with Crippen molar-refractivity contribution in [3.8, 4) is 17.2 Å². The third kappa shape index (κ3) is 5.29. The summed E-state index contributed by atoms with van der Waals surface area (Å²) in [4.78, 5) is 12.1. The number of aryl methyl sites for hydroxylation is 2. The molecule has 152 valence electrons. The molecule has 1 heterocycles. The molecule has 0 aliphatic heterocycles. The number of hydrogen-bond donors (Lipinski definition) is 2. The number of methoxy groups -OCH3 is 3. The van der Waals surface area contributed by atoms with Crippen LogP contribution < -0.4 is 19.5 Å². The van der Waals surface area contributed by atoms with Crippen LogP contribution in [-0.2, 0) is 4.79 Å². The average Bonchev–Trinajstić information content (AvgIpc) is 3.03. The summed E-state index contributed by atoms with van der Waals surface area (Å²) < 4.78 is 21.3. The molecular weight excluding hydrogens is 362 g/mol. The van der Waals surface area contributed by atoms with Crippen LogP contribution in [-0.4, -0.2) is 38.9 Å². The first-order valence-electron chi connectivity index (χ1n) is 8.90. The number of aliphatic hydroxyl groups excluding tert-OH is 1. The molecule has 0 bridgehead atoms. The van der Waals surface area contributed by atoms with Crippen LogP contribution in [0.3, 0.4) is 0 Å². The maximum absolute atomic E-state index is 12.1. The van der Waals surface area contributed by atoms with E-state index in [4.69, 9.17) is 18.6 Å². The van der Waals surface area contributed by atoms with E-state index in [0.29, 0.717) is 36.0 Å². The third-order valence-electron chi connectivity index (χ3n) is 4.27. The number of amides is 1. The predicted molar refractivity (Wildman–Crippen MR) is 106 cm³/mol. The summed E-state index contributed by atoms with van der Waals surface area (Å²) in [5.41, 5.74) is 1.48. The van der Waals surface area contributed by atoms with Crippen LogP contribution in [0.15, 0.2) is 28.7 Å². The first-order chi connectivity index (χ1) is 13.4. The van der Waals surface area contributed by atoms with Crippen molar-refractivity contribution >= 4 is 12.0 Å². The second kappa shape index (κ2) is 9.85. The van der Waals surface area contributed by atoms with Gasteiger partial charge in [-0.1, -0.05) is 0 Å². The fraction of sp³-hybridized carbons (Fsp3) is 0.381. The Morgan fingerprint density at radius 2 is 1.79 bits per heavy atom. The first-order valence-corrected chi connectivity index (χ1v) is 8.90. The fourth-order valence-electron chi connectivity index (χ4n) is 2.90. The van der Waals surface area contributed by atoms with E-state index in [2.05, 4.69) is 5.32 Å². The van der Waals surface area contributed by atoms with Gasteiger partial charge in [0.25, 0.3) is 0 Å². The van der Waals surface area contributed by atoms with Crippen LogP contribution in [0.4, 0.5) is 0 Å². The van der Waals surface area contributed by atoms with E-state index in [1.807, 2.05) is 19.9 Å². The Labute approximate surface area is 164 Å². The zero-order valence-corrected chi connectivity index (χ0v) is 16.9. The summed E-state index contributed by atoms with van der Waals surface area (Å²) in [7, 11) is 4.60. The first kappa shape index (κ1) is 21.4. The monoisotopic (exact) mass is 389 g/mol. The van der Waals surface area contributed by atoms with Gasteiger partial charge < -0.3 is 29.1 Å². The molecule has 7 nitrogen and oxygen atoms in total. The lowest BCUT2D eigenvalue weighted by Crippen LogP contribution is -2.23. The topological polar surface area (TPSA) is 90.2 Å². The van der Waals surface area contributed by atoms with Crippen molar-refractivity contribution < 1.29 is 28.5 Å². The van der Waals surface area contributed by atoms with Crippen LogP contribution in [0.2, 0.25) is 0 Å². The number of benzene rings is 1. The molecule has 7 heteroatoms. The van der Waals surface area contributed by atoms with Gasteiger partial charge in [-0.25, -0.2) is 0 Å². The minimum absolute atomic E-state index is 0.263. The molecule has 0 saturated heterocycles. The highest BCUT2D eigenvalue weighted by Crippen LogP contribution is 2.38. The minimum atomic E-state index is -0.683. The van der Waals surface area contributed by atoms with Gasteiger partial charge in [-0.05, 0) is 50.1 Å². The van der Waals surface area contributed by atoms with E-state index < -0.39 is 6.10 Å². The summed E-state index contributed by atoms with van der Waals surface area (Å²) in [6.45, 7) is 3.98. The average molecular weight is 389 g/mol. The molecule has 0 aliphatic carbocycles. The molecule has 1 aromatic carbocycles. The summed E-state index contributed by atoms with van der Waals surface area (Å²) in [6.07, 6.45) is 2.78. The lowest BCUT2D eigenvalue weighted by molar-refractivity contribution is -0.116. The molecule has 1 aromatic heterocycles. The van der Waals surface area contributed by atoms with Gasteiger partial charge in [0.2, 0.25) is 11.7 Å². The summed E-state index contributed by atoms with van der Waals surface area (Å²) in [5.74, 6) is 2.69. The summed E-state index contributed by atoms with van der Waals surface area (Å²) in [5, 5.41) is 13.0. The Hall–Kier alpha value is -2.93. The second-order valence-electron chi connectivity index (χ2n) is 6.26. The second-order valence-corrected chi connectivity index (χ2v) is 6.26. The van der Waals surface area contributed by atoms with Crippen LogP contribution in [0, 0.1) is 13.8 Å². The number of ether oxygens (including phenoxy) is 3. The van der Waals surface area contributed by atoms with Gasteiger partial charge >= 0.3 is 0 Å². The molecule has 28 heavy (non-hydrogen) atoms. The number of furan rings is 1. The number of hydrogen-bond acceptors (Lipinski definition) is 6. The molecule has 0 saturated carbocycles. The van der Waals surface area contributed by atoms with E-state index in [0.717, 1.165) is 16.9 Å². The normalized spacial score (nSPS) is 12.1. The van der Waals surface area contributed by atoms with Crippen molar-refractivity contribution in [1.82, 2.24) is 5.32 Å². The van der Waals surface area contributed by atoms with Crippen molar-refractivity contribution in [3.63, 3.8) is 0 Å². The zero-order valence-electron chi connectivity index (χ0n) is 16.9. The Bertz CT molecular complexity index is 814. The summed E-state index contributed by atoms with van der Waals surface area (Å²) in [6, 6.07) is 5.31. The van der Waals surface area contributed by atoms with Gasteiger partial charge in [0, 0.05) is 18.2 Å². The summed E-state index contributed by atoms with van der Waals surface area (Å²) >= 11 is 0. The molecule has 0 radical (unpaired) electrons. The molecule has 0 fully saturated rings. The quantitative estimate of drug-likeness (QED) is 0.640. The highest BCUT2D eigenvalue weighted by molar-refractivity contribution is 5.91. The van der Waals surface area contributed by atoms with Crippen LogP contribution >= 0.6 is 0 Å². The molecule has 1 unspecified atom stereocenters. The molecule has 2 N–H and O–H groups in total. The van der Waals surface area contributed by atoms with Gasteiger partial charge in [0.15, 0.2) is 11.5 Å². The van der Waals surface area contributed by atoms with E-state index in [9.17, 15) is 9.90 Å². The van der Waals surface area contributed by atoms with Crippen LogP contribution in [0.25, 0.3) is 6.08 Å². The number of aliphatic hydroxyl groups is 1. The number of carbonyl (C=O) groups excluding carboxylic acids is 1. The van der Waals surface area contributed by atoms with Crippen molar-refractivity contribution in [2.24, 2.45) is 0 Å². The van der Waals surface area contributed by atoms with E-state index >= 15 is 0 Å². The lowest BCUT2D eigenvalue weighted by atomic mass is 10.1. The highest BCUT2D eigenvalue weighted by Gasteiger charge is 2.15. The van der Waals surface area contributed by atoms with Crippen molar-refractivity contribution in [2.45, 2.75) is 26.4 Å². The molecule has 2 rings (SSSR count). The van der Waals surface area contributed by atoms with Crippen molar-refractivity contribution in [1.29, 1.82) is 0 Å². The van der Waals surface area contributed by atoms with Crippen LogP contribution in [0.5, 0.6) is 17.2 Å². The Balaban J connectivity index is 1.94. The highest BCUT2D eigenvalue weighted by atomic mass is 16.5. The van der Waals surface area contributed by atoms with E-state index in [1.54, 1.807) is 18.2 Å². The van der Waals surface area contributed by atoms with Crippen molar-refractivity contribution in [3.05, 3.63) is 46.9 Å². The third-order valence-corrected chi connectivity index (χ3v) is 4.27. The van der Waals surface area contributed by atoms with Gasteiger partial charge in [-0.3, -0.25) is 4.79 Å². The van der Waals surface area contributed by atoms with Crippen LogP contribution in [0.1, 0.15) is 35.2 Å². The number of nitrogens with one attached hydrogen (secondary N) is 1. The Morgan fingerprint density at radius 1 is 1.14 bits per heavy atom. The van der Waals surface area contributed by atoms with Gasteiger partial charge in [-0.2, -0.15) is 0 Å². The molecule has 1 atom stereocenters. The van der Waals surface area contributed by atoms with E-state index in [1.165, 1.54) is 27.4 Å². The van der Waals surface area contributed by atoms with E-state index in [-0.39, 0.29) is 5.91 Å². The standard InChI is InChI=1S/C21H27NO6/c1-13-10-16(14(2)28-13)17(23)8-9-22-20(24)7-6-15-11-18(25-3)21(27-5)19(12-15)26-4/h6-7,10-12,17,23H,8-9H2,1-5H3,(H,22,24)/b7-6+. The SMILES string of the molecule is COc1cc(/C=C/C(=O)NCCC(O)c2cc(C)oc2C)cc(OC)c1OC. The molecule has 0 spiro atoms. The zero-order chi connectivity index (χ0) is 20.7. The molecule has 1 amide bonds. The number of carbonyl (C=O) groups is 1. The minimum Gasteiger partial charge on any atom is -0.493 e. The van der Waals surface area contributed by atoms with Gasteiger partial charge in [0.1, 0.15) is 11.5 Å². The largest absolute Gasteiger partial charge is 0.493 e. The predicted octanol–water partition coefficient (Wildman–Crippen LogP) is 3.18. The molecule has 0 aliphatic rings.